The van der Waals surface area contributed by atoms with Crippen molar-refractivity contribution in [3.63, 3.8) is 0 Å². The Labute approximate surface area is 320 Å². The Morgan fingerprint density at radius 1 is 0.691 bits per heavy atom. The number of rotatable bonds is 12. The summed E-state index contributed by atoms with van der Waals surface area (Å²) in [5, 5.41) is 11.0. The van der Waals surface area contributed by atoms with E-state index >= 15 is 0 Å². The summed E-state index contributed by atoms with van der Waals surface area (Å²) in [7, 11) is 0. The predicted molar refractivity (Wildman–Crippen MR) is 205 cm³/mol. The van der Waals surface area contributed by atoms with Gasteiger partial charge in [-0.2, -0.15) is 0 Å². The lowest BCUT2D eigenvalue weighted by Crippen LogP contribution is -2.37. The highest BCUT2D eigenvalue weighted by molar-refractivity contribution is 5.98. The van der Waals surface area contributed by atoms with Crippen LogP contribution in [0.25, 0.3) is 0 Å². The SMILES string of the molecule is CC(C)(C)OC(=O)NCCC[C@H](N)C(=O)Nc1ccc2c(c1)Oc1cc(NC(=O)[C@@H](N)CCCNC(=O)OC(C)(C)C)ccc1C21OC(=O)c2ccccc21. The smallest absolute Gasteiger partial charge is 0.407 e. The molecule has 0 bridgehead atoms. The number of ether oxygens (including phenoxy) is 4. The molecule has 0 fully saturated rings. The van der Waals surface area contributed by atoms with Gasteiger partial charge in [0.05, 0.1) is 17.6 Å². The summed E-state index contributed by atoms with van der Waals surface area (Å²) in [6.45, 7) is 11.2. The lowest BCUT2D eigenvalue weighted by Gasteiger charge is -2.37. The van der Waals surface area contributed by atoms with Crippen molar-refractivity contribution in [3.05, 3.63) is 82.9 Å². The largest absolute Gasteiger partial charge is 0.456 e. The van der Waals surface area contributed by atoms with E-state index in [2.05, 4.69) is 21.3 Å². The maximum atomic E-state index is 13.3. The van der Waals surface area contributed by atoms with Gasteiger partial charge in [0.2, 0.25) is 11.8 Å². The number of esters is 1. The Bertz CT molecular complexity index is 1850. The third-order valence-corrected chi connectivity index (χ3v) is 8.64. The van der Waals surface area contributed by atoms with E-state index in [1.165, 1.54) is 0 Å². The summed E-state index contributed by atoms with van der Waals surface area (Å²) in [5.74, 6) is -0.779. The van der Waals surface area contributed by atoms with Gasteiger partial charge in [-0.05, 0) is 97.6 Å². The Morgan fingerprint density at radius 2 is 1.15 bits per heavy atom. The summed E-state index contributed by atoms with van der Waals surface area (Å²) in [6.07, 6.45) is 0.393. The lowest BCUT2D eigenvalue weighted by molar-refractivity contribution is -0.118. The van der Waals surface area contributed by atoms with E-state index in [9.17, 15) is 24.0 Å². The number of fused-ring (bicyclic) bond motifs is 6. The first-order chi connectivity index (χ1) is 25.9. The van der Waals surface area contributed by atoms with Crippen LogP contribution in [-0.4, -0.2) is 66.3 Å². The van der Waals surface area contributed by atoms with E-state index in [0.717, 1.165) is 0 Å². The number of anilines is 2. The van der Waals surface area contributed by atoms with Gasteiger partial charge in [0.15, 0.2) is 5.60 Å². The van der Waals surface area contributed by atoms with Crippen LogP contribution in [0.1, 0.15) is 94.3 Å². The number of hydrogen-bond acceptors (Lipinski definition) is 11. The second-order valence-corrected chi connectivity index (χ2v) is 15.5. The molecule has 1 spiro atoms. The zero-order valence-electron chi connectivity index (χ0n) is 32.0. The highest BCUT2D eigenvalue weighted by atomic mass is 16.6. The van der Waals surface area contributed by atoms with E-state index in [-0.39, 0.29) is 13.1 Å². The van der Waals surface area contributed by atoms with Crippen molar-refractivity contribution >= 4 is 41.3 Å². The fourth-order valence-electron chi connectivity index (χ4n) is 6.22. The molecule has 3 aromatic carbocycles. The first-order valence-corrected chi connectivity index (χ1v) is 18.2. The van der Waals surface area contributed by atoms with Crippen LogP contribution in [0.5, 0.6) is 11.5 Å². The first-order valence-electron chi connectivity index (χ1n) is 18.2. The summed E-state index contributed by atoms with van der Waals surface area (Å²) in [5.41, 5.74) is 12.6. The third-order valence-electron chi connectivity index (χ3n) is 8.64. The molecule has 0 aromatic heterocycles. The van der Waals surface area contributed by atoms with Crippen LogP contribution in [-0.2, 0) is 29.4 Å². The molecule has 0 unspecified atom stereocenters. The van der Waals surface area contributed by atoms with Gasteiger partial charge in [-0.3, -0.25) is 9.59 Å². The fourth-order valence-corrected chi connectivity index (χ4v) is 6.22. The van der Waals surface area contributed by atoms with Crippen LogP contribution >= 0.6 is 0 Å². The van der Waals surface area contributed by atoms with Crippen LogP contribution in [0.4, 0.5) is 21.0 Å². The molecule has 2 aliphatic rings. The van der Waals surface area contributed by atoms with Crippen molar-refractivity contribution in [2.24, 2.45) is 11.5 Å². The van der Waals surface area contributed by atoms with Gasteiger partial charge in [-0.1, -0.05) is 18.2 Å². The number of nitrogens with two attached hydrogens (primary N) is 2. The Kier molecular flexibility index (Phi) is 12.1. The van der Waals surface area contributed by atoms with Gasteiger partial charge in [0, 0.05) is 53.3 Å². The lowest BCUT2D eigenvalue weighted by atomic mass is 9.77. The summed E-state index contributed by atoms with van der Waals surface area (Å²) in [6, 6.07) is 15.4. The molecule has 294 valence electrons. The zero-order chi connectivity index (χ0) is 40.1. The van der Waals surface area contributed by atoms with Gasteiger partial charge in [0.1, 0.15) is 22.7 Å². The summed E-state index contributed by atoms with van der Waals surface area (Å²) >= 11 is 0. The molecule has 4 amide bonds. The fraction of sp³-hybridized carbons (Fsp3) is 0.425. The molecule has 0 saturated heterocycles. The van der Waals surface area contributed by atoms with Crippen molar-refractivity contribution in [3.8, 4) is 11.5 Å². The number of alkyl carbamates (subject to hydrolysis) is 2. The number of carbonyl (C=O) groups is 5. The van der Waals surface area contributed by atoms with E-state index in [1.807, 2.05) is 12.1 Å². The Balaban J connectivity index is 1.30. The molecule has 8 N–H and O–H groups in total. The van der Waals surface area contributed by atoms with Crippen molar-refractivity contribution in [1.82, 2.24) is 10.6 Å². The maximum Gasteiger partial charge on any atom is 0.407 e. The first kappa shape index (κ1) is 40.5. The molecule has 15 nitrogen and oxygen atoms in total. The number of nitrogens with one attached hydrogen (secondary N) is 4. The molecule has 5 rings (SSSR count). The van der Waals surface area contributed by atoms with Crippen molar-refractivity contribution in [2.45, 2.75) is 96.1 Å². The van der Waals surface area contributed by atoms with Crippen molar-refractivity contribution in [1.29, 1.82) is 0 Å². The minimum Gasteiger partial charge on any atom is -0.456 e. The molecule has 2 aliphatic heterocycles. The number of carbonyl (C=O) groups excluding carboxylic acids is 5. The zero-order valence-corrected chi connectivity index (χ0v) is 32.0. The third kappa shape index (κ3) is 9.91. The number of hydrogen-bond donors (Lipinski definition) is 6. The average Bonchev–Trinajstić information content (AvgIpc) is 3.38. The van der Waals surface area contributed by atoms with E-state index in [0.29, 0.717) is 70.8 Å². The Morgan fingerprint density at radius 3 is 1.60 bits per heavy atom. The van der Waals surface area contributed by atoms with Crippen LogP contribution in [0.2, 0.25) is 0 Å². The van der Waals surface area contributed by atoms with Gasteiger partial charge in [0.25, 0.3) is 0 Å². The summed E-state index contributed by atoms with van der Waals surface area (Å²) in [4.78, 5) is 63.3. The van der Waals surface area contributed by atoms with Gasteiger partial charge in [-0.15, -0.1) is 0 Å². The second-order valence-electron chi connectivity index (χ2n) is 15.5. The molecular formula is C40H50N6O9. The minimum absolute atomic E-state index is 0.284. The Hall–Kier alpha value is -5.67. The van der Waals surface area contributed by atoms with E-state index in [1.54, 1.807) is 90.1 Å². The quantitative estimate of drug-likeness (QED) is 0.0780. The van der Waals surface area contributed by atoms with E-state index in [4.69, 9.17) is 30.4 Å². The molecule has 0 radical (unpaired) electrons. The second kappa shape index (κ2) is 16.4. The monoisotopic (exact) mass is 758 g/mol. The maximum absolute atomic E-state index is 13.3. The van der Waals surface area contributed by atoms with Crippen molar-refractivity contribution < 1.29 is 42.9 Å². The van der Waals surface area contributed by atoms with Crippen LogP contribution in [0.15, 0.2) is 60.7 Å². The molecule has 15 heteroatoms. The molecule has 0 aliphatic carbocycles. The minimum atomic E-state index is -1.38. The topological polar surface area (TPSA) is 222 Å². The van der Waals surface area contributed by atoms with Gasteiger partial charge in [-0.25, -0.2) is 14.4 Å². The molecule has 2 atom stereocenters. The standard InChI is InChI=1S/C40H50N6O9/c1-38(2,3)54-36(50)43-19-9-13-29(41)33(47)45-23-15-17-27-31(21-23)52-32-22-24(46-34(48)30(42)14-10-20-44-37(51)55-39(4,5)6)16-18-28(32)40(27)26-12-8-7-11-25(26)35(49)53-40/h7-8,11-12,15-18,21-22,29-30H,9-10,13-14,19-20,41-42H2,1-6H3,(H,43,50)(H,44,51)(H,45,47)(H,46,48)/t29-,30-/m0/s1. The molecule has 55 heavy (non-hydrogen) atoms. The molecule has 0 saturated carbocycles. The molecule has 3 aromatic rings. The van der Waals surface area contributed by atoms with Crippen LogP contribution in [0.3, 0.4) is 0 Å². The van der Waals surface area contributed by atoms with Crippen LogP contribution < -0.4 is 37.5 Å². The normalized spacial score (nSPS) is 14.9. The predicted octanol–water partition coefficient (Wildman–Crippen LogP) is 5.40. The highest BCUT2D eigenvalue weighted by Gasteiger charge is 2.53. The highest BCUT2D eigenvalue weighted by Crippen LogP contribution is 2.56. The van der Waals surface area contributed by atoms with Gasteiger partial charge < -0.3 is 51.7 Å². The van der Waals surface area contributed by atoms with Crippen molar-refractivity contribution in [2.75, 3.05) is 23.7 Å². The van der Waals surface area contributed by atoms with Crippen LogP contribution in [0, 0.1) is 0 Å². The molecular weight excluding hydrogens is 708 g/mol. The summed E-state index contributed by atoms with van der Waals surface area (Å²) < 4.78 is 23.1. The molecule has 2 heterocycles. The van der Waals surface area contributed by atoms with E-state index < -0.39 is 58.9 Å². The number of amides is 4. The number of benzene rings is 3. The average molecular weight is 759 g/mol. The van der Waals surface area contributed by atoms with Gasteiger partial charge >= 0.3 is 18.2 Å².